The van der Waals surface area contributed by atoms with Crippen LogP contribution >= 0.6 is 0 Å². The first-order chi connectivity index (χ1) is 8.05. The van der Waals surface area contributed by atoms with Crippen LogP contribution in [0, 0.1) is 11.3 Å². The summed E-state index contributed by atoms with van der Waals surface area (Å²) in [7, 11) is 0. The maximum Gasteiger partial charge on any atom is 0.0698 e. The van der Waals surface area contributed by atoms with Gasteiger partial charge in [0.2, 0.25) is 0 Å². The van der Waals surface area contributed by atoms with E-state index in [0.29, 0.717) is 24.7 Å². The number of nitrogens with one attached hydrogen (secondary N) is 1. The lowest BCUT2D eigenvalue weighted by Crippen LogP contribution is -2.45. The van der Waals surface area contributed by atoms with Crippen molar-refractivity contribution in [2.75, 3.05) is 26.4 Å². The quantitative estimate of drug-likeness (QED) is 0.703. The van der Waals surface area contributed by atoms with Crippen LogP contribution in [0.5, 0.6) is 0 Å². The summed E-state index contributed by atoms with van der Waals surface area (Å²) in [6.07, 6.45) is 5.36. The van der Waals surface area contributed by atoms with Crippen LogP contribution in [0.25, 0.3) is 0 Å². The fraction of sp³-hybridized carbons (Fsp3) is 1.00. The van der Waals surface area contributed by atoms with Crippen molar-refractivity contribution in [1.82, 2.24) is 5.32 Å². The van der Waals surface area contributed by atoms with E-state index in [2.05, 4.69) is 26.1 Å². The minimum Gasteiger partial charge on any atom is -0.394 e. The van der Waals surface area contributed by atoms with Crippen LogP contribution in [-0.4, -0.2) is 37.5 Å². The standard InChI is InChI=1S/C14H29NO2/c1-14(2,3)12-6-4-5-7-13(12)15-8-10-17-11-9-16/h12-13,15-16H,4-11H2,1-3H3. The van der Waals surface area contributed by atoms with E-state index < -0.39 is 0 Å². The lowest BCUT2D eigenvalue weighted by molar-refractivity contribution is 0.0822. The van der Waals surface area contributed by atoms with Crippen LogP contribution in [0.2, 0.25) is 0 Å². The summed E-state index contributed by atoms with van der Waals surface area (Å²) in [4.78, 5) is 0. The molecule has 2 atom stereocenters. The van der Waals surface area contributed by atoms with Crippen LogP contribution in [0.15, 0.2) is 0 Å². The smallest absolute Gasteiger partial charge is 0.0698 e. The Morgan fingerprint density at radius 3 is 2.53 bits per heavy atom. The minimum atomic E-state index is 0.119. The molecule has 0 bridgehead atoms. The largest absolute Gasteiger partial charge is 0.394 e. The molecule has 1 aliphatic carbocycles. The van der Waals surface area contributed by atoms with Gasteiger partial charge in [0.05, 0.1) is 19.8 Å². The zero-order chi connectivity index (χ0) is 12.7. The summed E-state index contributed by atoms with van der Waals surface area (Å²) < 4.78 is 5.28. The second kappa shape index (κ2) is 7.34. The lowest BCUT2D eigenvalue weighted by Gasteiger charge is -2.41. The molecule has 0 saturated heterocycles. The van der Waals surface area contributed by atoms with Gasteiger partial charge in [-0.25, -0.2) is 0 Å². The Morgan fingerprint density at radius 1 is 1.18 bits per heavy atom. The molecular formula is C14H29NO2. The highest BCUT2D eigenvalue weighted by Gasteiger charge is 2.33. The number of hydrogen-bond donors (Lipinski definition) is 2. The molecule has 2 N–H and O–H groups in total. The van der Waals surface area contributed by atoms with E-state index in [1.807, 2.05) is 0 Å². The highest BCUT2D eigenvalue weighted by Crippen LogP contribution is 2.37. The number of rotatable bonds is 6. The Hall–Kier alpha value is -0.120. The third-order valence-electron chi connectivity index (χ3n) is 3.77. The van der Waals surface area contributed by atoms with Crippen LogP contribution in [0.1, 0.15) is 46.5 Å². The van der Waals surface area contributed by atoms with Gasteiger partial charge in [-0.15, -0.1) is 0 Å². The summed E-state index contributed by atoms with van der Waals surface area (Å²) >= 11 is 0. The first kappa shape index (κ1) is 14.9. The first-order valence-corrected chi connectivity index (χ1v) is 6.97. The molecule has 0 heterocycles. The molecule has 17 heavy (non-hydrogen) atoms. The zero-order valence-electron chi connectivity index (χ0n) is 11.7. The van der Waals surface area contributed by atoms with Crippen molar-refractivity contribution in [2.45, 2.75) is 52.5 Å². The van der Waals surface area contributed by atoms with Crippen molar-refractivity contribution in [1.29, 1.82) is 0 Å². The fourth-order valence-corrected chi connectivity index (χ4v) is 2.89. The molecule has 0 aromatic rings. The Labute approximate surface area is 106 Å². The van der Waals surface area contributed by atoms with Gasteiger partial charge in [0.1, 0.15) is 0 Å². The minimum absolute atomic E-state index is 0.119. The number of ether oxygens (including phenoxy) is 1. The fourth-order valence-electron chi connectivity index (χ4n) is 2.89. The predicted octanol–water partition coefficient (Wildman–Crippen LogP) is 2.19. The van der Waals surface area contributed by atoms with Gasteiger partial charge in [-0.1, -0.05) is 33.6 Å². The van der Waals surface area contributed by atoms with Crippen molar-refractivity contribution < 1.29 is 9.84 Å². The molecule has 0 aromatic carbocycles. The molecule has 1 aliphatic rings. The van der Waals surface area contributed by atoms with E-state index in [1.54, 1.807) is 0 Å². The average Bonchev–Trinajstić information content (AvgIpc) is 2.28. The van der Waals surface area contributed by atoms with Gasteiger partial charge in [-0.3, -0.25) is 0 Å². The van der Waals surface area contributed by atoms with Crippen LogP contribution in [0.3, 0.4) is 0 Å². The van der Waals surface area contributed by atoms with Crippen molar-refractivity contribution in [3.63, 3.8) is 0 Å². The maximum absolute atomic E-state index is 8.62. The Bertz CT molecular complexity index is 201. The highest BCUT2D eigenvalue weighted by atomic mass is 16.5. The van der Waals surface area contributed by atoms with E-state index in [1.165, 1.54) is 25.7 Å². The van der Waals surface area contributed by atoms with E-state index in [4.69, 9.17) is 9.84 Å². The van der Waals surface area contributed by atoms with Crippen molar-refractivity contribution in [3.8, 4) is 0 Å². The monoisotopic (exact) mass is 243 g/mol. The third kappa shape index (κ3) is 5.36. The molecule has 0 aliphatic heterocycles. The molecule has 0 aromatic heterocycles. The predicted molar refractivity (Wildman–Crippen MR) is 71.1 cm³/mol. The molecule has 1 saturated carbocycles. The van der Waals surface area contributed by atoms with Gasteiger partial charge in [-0.2, -0.15) is 0 Å². The average molecular weight is 243 g/mol. The summed E-state index contributed by atoms with van der Waals surface area (Å²) in [5.74, 6) is 0.772. The van der Waals surface area contributed by atoms with Gasteiger partial charge in [0, 0.05) is 12.6 Å². The molecule has 3 heteroatoms. The Morgan fingerprint density at radius 2 is 1.88 bits per heavy atom. The molecule has 1 fully saturated rings. The molecule has 0 radical (unpaired) electrons. The molecule has 3 nitrogen and oxygen atoms in total. The van der Waals surface area contributed by atoms with E-state index in [-0.39, 0.29) is 6.61 Å². The normalized spacial score (nSPS) is 26.1. The lowest BCUT2D eigenvalue weighted by atomic mass is 9.69. The molecular weight excluding hydrogens is 214 g/mol. The number of aliphatic hydroxyl groups excluding tert-OH is 1. The third-order valence-corrected chi connectivity index (χ3v) is 3.77. The van der Waals surface area contributed by atoms with Crippen LogP contribution < -0.4 is 5.32 Å². The summed E-state index contributed by atoms with van der Waals surface area (Å²) in [6, 6.07) is 0.640. The molecule has 1 rings (SSSR count). The molecule has 0 amide bonds. The highest BCUT2D eigenvalue weighted by molar-refractivity contribution is 4.88. The van der Waals surface area contributed by atoms with Gasteiger partial charge in [0.15, 0.2) is 0 Å². The van der Waals surface area contributed by atoms with Crippen LogP contribution in [0.4, 0.5) is 0 Å². The second-order valence-corrected chi connectivity index (χ2v) is 6.15. The SMILES string of the molecule is CC(C)(C)C1CCCCC1NCCOCCO. The van der Waals surface area contributed by atoms with Crippen molar-refractivity contribution in [2.24, 2.45) is 11.3 Å². The summed E-state index contributed by atoms with van der Waals surface area (Å²) in [5.41, 5.74) is 0.393. The molecule has 2 unspecified atom stereocenters. The van der Waals surface area contributed by atoms with Gasteiger partial charge in [0.25, 0.3) is 0 Å². The maximum atomic E-state index is 8.62. The van der Waals surface area contributed by atoms with Gasteiger partial charge < -0.3 is 15.2 Å². The summed E-state index contributed by atoms with van der Waals surface area (Å²) in [6.45, 7) is 9.22. The van der Waals surface area contributed by atoms with E-state index in [0.717, 1.165) is 12.5 Å². The summed E-state index contributed by atoms with van der Waals surface area (Å²) in [5, 5.41) is 12.2. The zero-order valence-corrected chi connectivity index (χ0v) is 11.7. The molecule has 102 valence electrons. The van der Waals surface area contributed by atoms with Gasteiger partial charge >= 0.3 is 0 Å². The topological polar surface area (TPSA) is 41.5 Å². The Balaban J connectivity index is 2.28. The van der Waals surface area contributed by atoms with Gasteiger partial charge in [-0.05, 0) is 24.2 Å². The van der Waals surface area contributed by atoms with Crippen molar-refractivity contribution in [3.05, 3.63) is 0 Å². The number of aliphatic hydroxyl groups is 1. The van der Waals surface area contributed by atoms with Crippen molar-refractivity contribution >= 4 is 0 Å². The Kier molecular flexibility index (Phi) is 6.45. The van der Waals surface area contributed by atoms with E-state index in [9.17, 15) is 0 Å². The number of hydrogen-bond acceptors (Lipinski definition) is 3. The van der Waals surface area contributed by atoms with E-state index >= 15 is 0 Å². The molecule has 0 spiro atoms. The second-order valence-electron chi connectivity index (χ2n) is 6.15. The first-order valence-electron chi connectivity index (χ1n) is 6.97. The van der Waals surface area contributed by atoms with Crippen LogP contribution in [-0.2, 0) is 4.74 Å².